The van der Waals surface area contributed by atoms with Crippen molar-refractivity contribution in [1.29, 1.82) is 0 Å². The smallest absolute Gasteiger partial charge is 0.261 e. The number of rotatable bonds is 4. The Morgan fingerprint density at radius 1 is 1.56 bits per heavy atom. The van der Waals surface area contributed by atoms with Crippen molar-refractivity contribution in [2.24, 2.45) is 0 Å². The zero-order chi connectivity index (χ0) is 13.0. The first-order valence-corrected chi connectivity index (χ1v) is 5.78. The number of carbonyl (C=O) groups excluding carboxylic acids is 1. The van der Waals surface area contributed by atoms with E-state index in [0.717, 1.165) is 6.42 Å². The molecule has 8 heteroatoms. The topological polar surface area (TPSA) is 85.6 Å². The molecule has 1 N–H and O–H groups in total. The van der Waals surface area contributed by atoms with Crippen molar-refractivity contribution in [3.8, 4) is 0 Å². The highest BCUT2D eigenvalue weighted by atomic mass is 35.5. The quantitative estimate of drug-likeness (QED) is 0.845. The molecule has 0 fully saturated rings. The first kappa shape index (κ1) is 12.4. The Labute approximate surface area is 108 Å². The van der Waals surface area contributed by atoms with Crippen LogP contribution in [0.3, 0.4) is 0 Å². The van der Waals surface area contributed by atoms with Gasteiger partial charge >= 0.3 is 0 Å². The molecular formula is C10H11ClN6O. The normalized spacial score (nSPS) is 10.3. The first-order chi connectivity index (χ1) is 8.72. The van der Waals surface area contributed by atoms with Crippen LogP contribution in [0.2, 0.25) is 5.15 Å². The van der Waals surface area contributed by atoms with E-state index in [1.807, 2.05) is 6.92 Å². The van der Waals surface area contributed by atoms with Gasteiger partial charge in [0.2, 0.25) is 5.95 Å². The number of hydrogen-bond donors (Lipinski definition) is 1. The summed E-state index contributed by atoms with van der Waals surface area (Å²) in [4.78, 5) is 15.8. The predicted octanol–water partition coefficient (Wildman–Crippen LogP) is 1.38. The van der Waals surface area contributed by atoms with Crippen LogP contribution >= 0.6 is 11.6 Å². The van der Waals surface area contributed by atoms with Gasteiger partial charge in [0.15, 0.2) is 0 Å². The van der Waals surface area contributed by atoms with Crippen LogP contribution in [-0.4, -0.2) is 31.1 Å². The van der Waals surface area contributed by atoms with E-state index in [1.165, 1.54) is 10.9 Å². The number of pyridine rings is 1. The highest BCUT2D eigenvalue weighted by molar-refractivity contribution is 6.33. The molecule has 2 heterocycles. The maximum Gasteiger partial charge on any atom is 0.261 e. The van der Waals surface area contributed by atoms with E-state index in [4.69, 9.17) is 11.6 Å². The molecule has 0 saturated heterocycles. The predicted molar refractivity (Wildman–Crippen MR) is 65.3 cm³/mol. The highest BCUT2D eigenvalue weighted by Crippen LogP contribution is 2.13. The molecule has 1 amide bonds. The molecule has 0 aliphatic carbocycles. The highest BCUT2D eigenvalue weighted by Gasteiger charge is 2.14. The Kier molecular flexibility index (Phi) is 3.83. The van der Waals surface area contributed by atoms with Gasteiger partial charge in [-0.3, -0.25) is 10.1 Å². The fourth-order valence-electron chi connectivity index (χ4n) is 1.38. The van der Waals surface area contributed by atoms with Gasteiger partial charge in [0.25, 0.3) is 5.91 Å². The van der Waals surface area contributed by atoms with Crippen LogP contribution in [0.5, 0.6) is 0 Å². The number of hydrogen-bond acceptors (Lipinski definition) is 5. The minimum atomic E-state index is -0.389. The van der Waals surface area contributed by atoms with Gasteiger partial charge in [0.05, 0.1) is 5.56 Å². The van der Waals surface area contributed by atoms with Gasteiger partial charge in [0.1, 0.15) is 5.15 Å². The number of anilines is 1. The van der Waals surface area contributed by atoms with Crippen LogP contribution in [0.25, 0.3) is 0 Å². The Morgan fingerprint density at radius 3 is 3.11 bits per heavy atom. The molecule has 18 heavy (non-hydrogen) atoms. The summed E-state index contributed by atoms with van der Waals surface area (Å²) >= 11 is 5.83. The Balaban J connectivity index is 2.17. The number of aromatic nitrogens is 5. The molecule has 0 aliphatic heterocycles. The minimum Gasteiger partial charge on any atom is -0.289 e. The molecule has 0 saturated carbocycles. The summed E-state index contributed by atoms with van der Waals surface area (Å²) < 4.78 is 1.52. The molecule has 2 aromatic rings. The van der Waals surface area contributed by atoms with Gasteiger partial charge in [0, 0.05) is 12.7 Å². The molecule has 0 radical (unpaired) electrons. The van der Waals surface area contributed by atoms with Crippen molar-refractivity contribution >= 4 is 23.5 Å². The third-order valence-electron chi connectivity index (χ3n) is 2.20. The largest absolute Gasteiger partial charge is 0.289 e. The molecule has 0 unspecified atom stereocenters. The van der Waals surface area contributed by atoms with Crippen molar-refractivity contribution in [3.63, 3.8) is 0 Å². The summed E-state index contributed by atoms with van der Waals surface area (Å²) in [5.74, 6) is -0.0953. The second-order valence-corrected chi connectivity index (χ2v) is 3.88. The van der Waals surface area contributed by atoms with Crippen LogP contribution < -0.4 is 5.32 Å². The maximum atomic E-state index is 11.9. The van der Waals surface area contributed by atoms with E-state index < -0.39 is 0 Å². The SMILES string of the molecule is CCCn1nnnc1NC(=O)c1cccnc1Cl. The molecule has 2 rings (SSSR count). The van der Waals surface area contributed by atoms with Gasteiger partial charge in [-0.25, -0.2) is 9.67 Å². The lowest BCUT2D eigenvalue weighted by Crippen LogP contribution is -2.17. The standard InChI is InChI=1S/C10H11ClN6O/c1-2-6-17-10(14-15-16-17)13-9(18)7-4-3-5-12-8(7)11/h3-5H,2,6H2,1H3,(H,13,14,16,18). The van der Waals surface area contributed by atoms with E-state index >= 15 is 0 Å². The van der Waals surface area contributed by atoms with Gasteiger partial charge in [-0.05, 0) is 29.0 Å². The number of aryl methyl sites for hydroxylation is 1. The minimum absolute atomic E-state index is 0.143. The molecule has 2 aromatic heterocycles. The number of halogens is 1. The molecule has 0 aliphatic rings. The van der Waals surface area contributed by atoms with Gasteiger partial charge in [-0.2, -0.15) is 0 Å². The van der Waals surface area contributed by atoms with Crippen molar-refractivity contribution in [2.45, 2.75) is 19.9 Å². The zero-order valence-electron chi connectivity index (χ0n) is 9.67. The lowest BCUT2D eigenvalue weighted by molar-refractivity contribution is 0.102. The van der Waals surface area contributed by atoms with E-state index in [2.05, 4.69) is 25.8 Å². The van der Waals surface area contributed by atoms with Crippen LogP contribution in [0.15, 0.2) is 18.3 Å². The second-order valence-electron chi connectivity index (χ2n) is 3.52. The average molecular weight is 267 g/mol. The average Bonchev–Trinajstić information content (AvgIpc) is 2.78. The Hall–Kier alpha value is -2.02. The summed E-state index contributed by atoms with van der Waals surface area (Å²) in [5, 5.41) is 13.8. The van der Waals surface area contributed by atoms with E-state index in [1.54, 1.807) is 12.1 Å². The maximum absolute atomic E-state index is 11.9. The van der Waals surface area contributed by atoms with Crippen LogP contribution in [0, 0.1) is 0 Å². The third-order valence-corrected chi connectivity index (χ3v) is 2.50. The summed E-state index contributed by atoms with van der Waals surface area (Å²) in [6.07, 6.45) is 2.38. The molecular weight excluding hydrogens is 256 g/mol. The Bertz CT molecular complexity index is 555. The van der Waals surface area contributed by atoms with Crippen molar-refractivity contribution in [2.75, 3.05) is 5.32 Å². The third kappa shape index (κ3) is 2.62. The summed E-state index contributed by atoms with van der Waals surface area (Å²) in [6, 6.07) is 3.22. The monoisotopic (exact) mass is 266 g/mol. The second kappa shape index (κ2) is 5.54. The lowest BCUT2D eigenvalue weighted by Gasteiger charge is -2.05. The number of amides is 1. The molecule has 0 spiro atoms. The van der Waals surface area contributed by atoms with Gasteiger partial charge in [-0.15, -0.1) is 0 Å². The first-order valence-electron chi connectivity index (χ1n) is 5.40. The van der Waals surface area contributed by atoms with Crippen molar-refractivity contribution < 1.29 is 4.79 Å². The van der Waals surface area contributed by atoms with E-state index in [9.17, 15) is 4.79 Å². The number of carbonyl (C=O) groups is 1. The summed E-state index contributed by atoms with van der Waals surface area (Å²) in [6.45, 7) is 2.62. The van der Waals surface area contributed by atoms with Crippen molar-refractivity contribution in [1.82, 2.24) is 25.2 Å². The lowest BCUT2D eigenvalue weighted by atomic mass is 10.3. The molecule has 0 atom stereocenters. The number of tetrazole rings is 1. The van der Waals surface area contributed by atoms with Crippen LogP contribution in [-0.2, 0) is 6.54 Å². The van der Waals surface area contributed by atoms with Gasteiger partial charge in [-0.1, -0.05) is 23.6 Å². The van der Waals surface area contributed by atoms with E-state index in [0.29, 0.717) is 12.5 Å². The zero-order valence-corrected chi connectivity index (χ0v) is 10.4. The summed E-state index contributed by atoms with van der Waals surface area (Å²) in [7, 11) is 0. The summed E-state index contributed by atoms with van der Waals surface area (Å²) in [5.41, 5.74) is 0.283. The molecule has 0 bridgehead atoms. The Morgan fingerprint density at radius 2 is 2.39 bits per heavy atom. The van der Waals surface area contributed by atoms with Crippen molar-refractivity contribution in [3.05, 3.63) is 29.0 Å². The number of nitrogens with one attached hydrogen (secondary N) is 1. The van der Waals surface area contributed by atoms with Crippen LogP contribution in [0.4, 0.5) is 5.95 Å². The fraction of sp³-hybridized carbons (Fsp3) is 0.300. The fourth-order valence-corrected chi connectivity index (χ4v) is 1.59. The molecule has 7 nitrogen and oxygen atoms in total. The van der Waals surface area contributed by atoms with E-state index in [-0.39, 0.29) is 16.6 Å². The van der Waals surface area contributed by atoms with Gasteiger partial charge < -0.3 is 0 Å². The number of nitrogens with zero attached hydrogens (tertiary/aromatic N) is 5. The molecule has 0 aromatic carbocycles. The molecule has 94 valence electrons. The van der Waals surface area contributed by atoms with Crippen LogP contribution in [0.1, 0.15) is 23.7 Å².